The second-order valence-electron chi connectivity index (χ2n) is 4.39. The molecule has 0 bridgehead atoms. The third-order valence-electron chi connectivity index (χ3n) is 2.06. The summed E-state index contributed by atoms with van der Waals surface area (Å²) < 4.78 is 0. The van der Waals surface area contributed by atoms with Gasteiger partial charge in [-0.15, -0.1) is 0 Å². The predicted octanol–water partition coefficient (Wildman–Crippen LogP) is 1.88. The van der Waals surface area contributed by atoms with E-state index in [1.165, 1.54) is 0 Å². The molecule has 2 N–H and O–H groups in total. The van der Waals surface area contributed by atoms with Crippen LogP contribution >= 0.6 is 0 Å². The minimum absolute atomic E-state index is 0.690. The molecule has 0 rings (SSSR count). The molecule has 0 atom stereocenters. The number of aliphatic carboxylic acids is 1. The van der Waals surface area contributed by atoms with E-state index in [0.29, 0.717) is 5.92 Å². The van der Waals surface area contributed by atoms with Crippen molar-refractivity contribution < 1.29 is 9.90 Å². The van der Waals surface area contributed by atoms with Gasteiger partial charge in [-0.2, -0.15) is 0 Å². The topological polar surface area (TPSA) is 49.3 Å². The van der Waals surface area contributed by atoms with Gasteiger partial charge in [0, 0.05) is 0 Å². The number of carboxylic acids is 1. The molecule has 13 heavy (non-hydrogen) atoms. The van der Waals surface area contributed by atoms with E-state index < -0.39 is 11.5 Å². The molecule has 3 nitrogen and oxygen atoms in total. The molecule has 0 heterocycles. The summed E-state index contributed by atoms with van der Waals surface area (Å²) in [5.41, 5.74) is -0.795. The molecule has 0 aromatic rings. The lowest BCUT2D eigenvalue weighted by Gasteiger charge is -2.21. The molecule has 0 aliphatic rings. The van der Waals surface area contributed by atoms with E-state index in [1.54, 1.807) is 13.8 Å². The average Bonchev–Trinajstić information content (AvgIpc) is 1.97. The van der Waals surface area contributed by atoms with Crippen molar-refractivity contribution in [2.45, 2.75) is 46.1 Å². The quantitative estimate of drug-likeness (QED) is 0.624. The summed E-state index contributed by atoms with van der Waals surface area (Å²) in [5, 5.41) is 11.8. The van der Waals surface area contributed by atoms with E-state index in [-0.39, 0.29) is 0 Å². The molecule has 0 aromatic heterocycles. The van der Waals surface area contributed by atoms with Crippen LogP contribution in [0.15, 0.2) is 0 Å². The molecule has 0 aromatic carbocycles. The minimum atomic E-state index is -0.795. The fraction of sp³-hybridized carbons (Fsp3) is 0.900. The lowest BCUT2D eigenvalue weighted by Crippen LogP contribution is -2.47. The molecule has 3 heteroatoms. The second kappa shape index (κ2) is 5.22. The van der Waals surface area contributed by atoms with Crippen molar-refractivity contribution in [3.05, 3.63) is 0 Å². The Morgan fingerprint density at radius 1 is 1.46 bits per heavy atom. The molecule has 0 spiro atoms. The zero-order valence-corrected chi connectivity index (χ0v) is 9.05. The van der Waals surface area contributed by atoms with Gasteiger partial charge in [0.15, 0.2) is 0 Å². The highest BCUT2D eigenvalue weighted by Crippen LogP contribution is 2.05. The summed E-state index contributed by atoms with van der Waals surface area (Å²) in [6, 6.07) is 0. The Morgan fingerprint density at radius 3 is 2.38 bits per heavy atom. The average molecular weight is 187 g/mol. The minimum Gasteiger partial charge on any atom is -0.480 e. The Morgan fingerprint density at radius 2 is 2.00 bits per heavy atom. The molecule has 78 valence electrons. The number of hydrogen-bond donors (Lipinski definition) is 2. The van der Waals surface area contributed by atoms with Crippen LogP contribution in [0.2, 0.25) is 0 Å². The van der Waals surface area contributed by atoms with Gasteiger partial charge in [-0.3, -0.25) is 4.79 Å². The highest BCUT2D eigenvalue weighted by molar-refractivity contribution is 5.77. The SMILES string of the molecule is CC(C)CCCNC(C)(C)C(=O)O. The molecular formula is C10H21NO2. The van der Waals surface area contributed by atoms with Gasteiger partial charge in [0.05, 0.1) is 0 Å². The van der Waals surface area contributed by atoms with Gasteiger partial charge in [0.25, 0.3) is 0 Å². The lowest BCUT2D eigenvalue weighted by atomic mass is 10.0. The molecule has 0 saturated heterocycles. The van der Waals surface area contributed by atoms with E-state index in [2.05, 4.69) is 19.2 Å². The standard InChI is InChI=1S/C10H21NO2/c1-8(2)6-5-7-11-10(3,4)9(12)13/h8,11H,5-7H2,1-4H3,(H,12,13). The van der Waals surface area contributed by atoms with Gasteiger partial charge in [-0.1, -0.05) is 13.8 Å². The fourth-order valence-electron chi connectivity index (χ4n) is 0.987. The Hall–Kier alpha value is -0.570. The normalized spacial score (nSPS) is 12.1. The molecule has 0 aliphatic heterocycles. The predicted molar refractivity (Wildman–Crippen MR) is 53.8 cm³/mol. The number of hydrogen-bond acceptors (Lipinski definition) is 2. The third kappa shape index (κ3) is 5.64. The summed E-state index contributed by atoms with van der Waals surface area (Å²) in [5.74, 6) is -0.105. The maximum absolute atomic E-state index is 10.7. The van der Waals surface area contributed by atoms with Gasteiger partial charge >= 0.3 is 5.97 Å². The molecule has 0 amide bonds. The van der Waals surface area contributed by atoms with E-state index >= 15 is 0 Å². The molecule has 0 radical (unpaired) electrons. The third-order valence-corrected chi connectivity index (χ3v) is 2.06. The van der Waals surface area contributed by atoms with Gasteiger partial charge in [0.1, 0.15) is 5.54 Å². The van der Waals surface area contributed by atoms with Gasteiger partial charge in [-0.25, -0.2) is 0 Å². The fourth-order valence-corrected chi connectivity index (χ4v) is 0.987. The van der Waals surface area contributed by atoms with Gasteiger partial charge in [0.2, 0.25) is 0 Å². The second-order valence-corrected chi connectivity index (χ2v) is 4.39. The largest absolute Gasteiger partial charge is 0.480 e. The number of nitrogens with one attached hydrogen (secondary N) is 1. The number of carbonyl (C=O) groups is 1. The van der Waals surface area contributed by atoms with Gasteiger partial charge in [-0.05, 0) is 39.2 Å². The van der Waals surface area contributed by atoms with E-state index in [1.807, 2.05) is 0 Å². The summed E-state index contributed by atoms with van der Waals surface area (Å²) in [6.07, 6.45) is 2.18. The molecule has 0 fully saturated rings. The van der Waals surface area contributed by atoms with E-state index in [4.69, 9.17) is 5.11 Å². The van der Waals surface area contributed by atoms with Crippen LogP contribution in [-0.2, 0) is 4.79 Å². The smallest absolute Gasteiger partial charge is 0.323 e. The summed E-state index contributed by atoms with van der Waals surface area (Å²) in [4.78, 5) is 10.7. The van der Waals surface area contributed by atoms with Crippen molar-refractivity contribution in [1.82, 2.24) is 5.32 Å². The summed E-state index contributed by atoms with van der Waals surface area (Å²) in [7, 11) is 0. The van der Waals surface area contributed by atoms with Crippen LogP contribution in [0.3, 0.4) is 0 Å². The van der Waals surface area contributed by atoms with Crippen LogP contribution in [0.5, 0.6) is 0 Å². The maximum atomic E-state index is 10.7. The van der Waals surface area contributed by atoms with Crippen molar-refractivity contribution in [3.8, 4) is 0 Å². The van der Waals surface area contributed by atoms with Crippen LogP contribution < -0.4 is 5.32 Å². The van der Waals surface area contributed by atoms with Crippen LogP contribution in [-0.4, -0.2) is 23.2 Å². The molecular weight excluding hydrogens is 166 g/mol. The first-order chi connectivity index (χ1) is 5.86. The lowest BCUT2D eigenvalue weighted by molar-refractivity contribution is -0.143. The van der Waals surface area contributed by atoms with Crippen molar-refractivity contribution >= 4 is 5.97 Å². The first-order valence-corrected chi connectivity index (χ1v) is 4.84. The van der Waals surface area contributed by atoms with Crippen LogP contribution in [0.1, 0.15) is 40.5 Å². The monoisotopic (exact) mass is 187 g/mol. The van der Waals surface area contributed by atoms with Crippen LogP contribution in [0.4, 0.5) is 0 Å². The first kappa shape index (κ1) is 12.4. The molecule has 0 unspecified atom stereocenters. The Bertz CT molecular complexity index is 164. The van der Waals surface area contributed by atoms with E-state index in [9.17, 15) is 4.79 Å². The van der Waals surface area contributed by atoms with Crippen molar-refractivity contribution in [3.63, 3.8) is 0 Å². The van der Waals surface area contributed by atoms with Crippen LogP contribution in [0.25, 0.3) is 0 Å². The van der Waals surface area contributed by atoms with Crippen LogP contribution in [0, 0.1) is 5.92 Å². The Kier molecular flexibility index (Phi) is 4.99. The highest BCUT2D eigenvalue weighted by atomic mass is 16.4. The van der Waals surface area contributed by atoms with Gasteiger partial charge < -0.3 is 10.4 Å². The number of rotatable bonds is 6. The maximum Gasteiger partial charge on any atom is 0.323 e. The Balaban J connectivity index is 3.58. The molecule has 0 aliphatic carbocycles. The zero-order valence-electron chi connectivity index (χ0n) is 9.05. The molecule has 0 saturated carbocycles. The van der Waals surface area contributed by atoms with Crippen molar-refractivity contribution in [2.24, 2.45) is 5.92 Å². The number of carboxylic acid groups (broad SMARTS) is 1. The Labute approximate surface area is 80.5 Å². The van der Waals surface area contributed by atoms with Crippen molar-refractivity contribution in [2.75, 3.05) is 6.54 Å². The zero-order chi connectivity index (χ0) is 10.5. The highest BCUT2D eigenvalue weighted by Gasteiger charge is 2.25. The summed E-state index contributed by atoms with van der Waals surface area (Å²) >= 11 is 0. The summed E-state index contributed by atoms with van der Waals surface area (Å²) in [6.45, 7) is 8.48. The van der Waals surface area contributed by atoms with Crippen molar-refractivity contribution in [1.29, 1.82) is 0 Å². The first-order valence-electron chi connectivity index (χ1n) is 4.84. The van der Waals surface area contributed by atoms with E-state index in [0.717, 1.165) is 19.4 Å².